The van der Waals surface area contributed by atoms with Gasteiger partial charge in [-0.2, -0.15) is 10.1 Å². The van der Waals surface area contributed by atoms with E-state index in [1.54, 1.807) is 20.1 Å². The van der Waals surface area contributed by atoms with Gasteiger partial charge in [-0.15, -0.1) is 5.10 Å². The van der Waals surface area contributed by atoms with Crippen LogP contribution in [0.15, 0.2) is 36.9 Å². The number of rotatable bonds is 5. The first kappa shape index (κ1) is 20.2. The second-order valence-corrected chi connectivity index (χ2v) is 8.36. The van der Waals surface area contributed by atoms with Gasteiger partial charge in [-0.1, -0.05) is 0 Å². The third-order valence-corrected chi connectivity index (χ3v) is 6.33. The summed E-state index contributed by atoms with van der Waals surface area (Å²) in [5.74, 6) is -2.54. The van der Waals surface area contributed by atoms with Crippen LogP contribution in [0.25, 0.3) is 22.3 Å². The number of fused-ring (bicyclic) bond motifs is 2. The van der Waals surface area contributed by atoms with Crippen LogP contribution in [0.1, 0.15) is 6.42 Å². The summed E-state index contributed by atoms with van der Waals surface area (Å²) in [4.78, 5) is 10.4. The predicted molar refractivity (Wildman–Crippen MR) is 115 cm³/mol. The van der Waals surface area contributed by atoms with Crippen LogP contribution in [-0.4, -0.2) is 85.5 Å². The maximum Gasteiger partial charge on any atom is 0.280 e. The Bertz CT molecular complexity index is 1320. The number of methoxy groups -OCH3 is 1. The Labute approximate surface area is 187 Å². The summed E-state index contributed by atoms with van der Waals surface area (Å²) in [6.07, 6.45) is 5.37. The molecule has 12 heteroatoms. The molecule has 0 aromatic carbocycles. The van der Waals surface area contributed by atoms with E-state index in [1.807, 2.05) is 24.4 Å². The van der Waals surface area contributed by atoms with Gasteiger partial charge in [-0.3, -0.25) is 4.90 Å². The van der Waals surface area contributed by atoms with E-state index in [0.29, 0.717) is 31.2 Å². The van der Waals surface area contributed by atoms with Gasteiger partial charge in [0.1, 0.15) is 11.8 Å². The summed E-state index contributed by atoms with van der Waals surface area (Å²) in [6.45, 7) is 1.30. The second-order valence-electron chi connectivity index (χ2n) is 8.36. The Hall–Kier alpha value is -3.38. The van der Waals surface area contributed by atoms with Gasteiger partial charge >= 0.3 is 0 Å². The van der Waals surface area contributed by atoms with Gasteiger partial charge in [0, 0.05) is 30.1 Å². The number of aromatic nitrogens is 6. The van der Waals surface area contributed by atoms with Crippen molar-refractivity contribution in [2.45, 2.75) is 24.4 Å². The third kappa shape index (κ3) is 3.45. The van der Waals surface area contributed by atoms with E-state index >= 15 is 0 Å². The van der Waals surface area contributed by atoms with E-state index in [9.17, 15) is 8.78 Å². The number of alkyl halides is 2. The maximum atomic E-state index is 14.9. The number of nitrogens with zero attached hydrogens (tertiary/aromatic N) is 7. The Kier molecular flexibility index (Phi) is 4.66. The van der Waals surface area contributed by atoms with E-state index in [4.69, 9.17) is 9.47 Å². The summed E-state index contributed by atoms with van der Waals surface area (Å²) in [6, 6.07) is 4.68. The molecule has 0 aliphatic carbocycles. The lowest BCUT2D eigenvalue weighted by atomic mass is 9.98. The van der Waals surface area contributed by atoms with Gasteiger partial charge in [-0.25, -0.2) is 22.8 Å². The SMILES string of the molecule is COc1nc(N[C@@H]2CCN(C3COC3)CC2(F)F)nn2ccc(-c3ccc4ncnn4c3)c12. The Morgan fingerprint density at radius 3 is 2.85 bits per heavy atom. The molecule has 2 aliphatic heterocycles. The van der Waals surface area contributed by atoms with Crippen molar-refractivity contribution in [3.63, 3.8) is 0 Å². The average Bonchev–Trinajstić information content (AvgIpc) is 3.39. The van der Waals surface area contributed by atoms with E-state index < -0.39 is 12.0 Å². The van der Waals surface area contributed by atoms with E-state index in [2.05, 4.69) is 25.5 Å². The normalized spacial score (nSPS) is 21.4. The summed E-state index contributed by atoms with van der Waals surface area (Å²) in [5, 5.41) is 11.5. The lowest BCUT2D eigenvalue weighted by Gasteiger charge is -2.44. The van der Waals surface area contributed by atoms with Crippen LogP contribution in [0.4, 0.5) is 14.7 Å². The first-order valence-electron chi connectivity index (χ1n) is 10.7. The fourth-order valence-corrected chi connectivity index (χ4v) is 4.45. The lowest BCUT2D eigenvalue weighted by Crippen LogP contribution is -2.61. The quantitative estimate of drug-likeness (QED) is 0.487. The minimum Gasteiger partial charge on any atom is -0.479 e. The zero-order chi connectivity index (χ0) is 22.6. The number of anilines is 1. The molecule has 10 nitrogen and oxygen atoms in total. The summed E-state index contributed by atoms with van der Waals surface area (Å²) >= 11 is 0. The van der Waals surface area contributed by atoms with E-state index in [1.165, 1.54) is 13.4 Å². The standard InChI is InChI=1S/C21H22F2N8O2/c1-32-19-18-15(13-2-3-17-24-12-25-31(17)8-13)4-7-30(18)28-20(27-19)26-16-5-6-29(11-21(16,22)23)14-9-33-10-14/h2-4,7-8,12,14,16H,5-6,9-11H2,1H3,(H,26,28)/t16-/m1/s1. The van der Waals surface area contributed by atoms with Crippen molar-refractivity contribution in [3.05, 3.63) is 36.9 Å². The number of hydrogen-bond acceptors (Lipinski definition) is 8. The van der Waals surface area contributed by atoms with Gasteiger partial charge in [-0.05, 0) is 24.6 Å². The van der Waals surface area contributed by atoms with Crippen molar-refractivity contribution in [3.8, 4) is 17.0 Å². The van der Waals surface area contributed by atoms with Gasteiger partial charge in [0.05, 0.1) is 39.0 Å². The molecule has 2 aliphatic rings. The van der Waals surface area contributed by atoms with Gasteiger partial charge < -0.3 is 14.8 Å². The molecule has 2 saturated heterocycles. The van der Waals surface area contributed by atoms with Crippen molar-refractivity contribution in [1.29, 1.82) is 0 Å². The molecule has 0 spiro atoms. The molecule has 4 aromatic rings. The van der Waals surface area contributed by atoms with Crippen LogP contribution in [0, 0.1) is 0 Å². The largest absolute Gasteiger partial charge is 0.479 e. The molecule has 1 N–H and O–H groups in total. The third-order valence-electron chi connectivity index (χ3n) is 6.33. The van der Waals surface area contributed by atoms with Gasteiger partial charge in [0.25, 0.3) is 5.92 Å². The number of likely N-dealkylation sites (tertiary alicyclic amines) is 1. The molecular formula is C21H22F2N8O2. The smallest absolute Gasteiger partial charge is 0.280 e. The van der Waals surface area contributed by atoms with Gasteiger partial charge in [0.2, 0.25) is 11.8 Å². The Morgan fingerprint density at radius 1 is 1.21 bits per heavy atom. The number of nitrogens with one attached hydrogen (secondary N) is 1. The number of pyridine rings is 1. The minimum absolute atomic E-state index is 0.0829. The first-order valence-corrected chi connectivity index (χ1v) is 10.7. The second kappa shape index (κ2) is 7.59. The zero-order valence-corrected chi connectivity index (χ0v) is 17.9. The summed E-state index contributed by atoms with van der Waals surface area (Å²) in [5.41, 5.74) is 3.07. The molecule has 1 atom stereocenters. The topological polar surface area (TPSA) is 94.1 Å². The minimum atomic E-state index is -2.92. The van der Waals surface area contributed by atoms with Crippen LogP contribution < -0.4 is 10.1 Å². The predicted octanol–water partition coefficient (Wildman–Crippen LogP) is 1.97. The van der Waals surface area contributed by atoms with Crippen LogP contribution in [-0.2, 0) is 4.74 Å². The highest BCUT2D eigenvalue weighted by molar-refractivity contribution is 5.84. The molecule has 6 rings (SSSR count). The van der Waals surface area contributed by atoms with Crippen LogP contribution in [0.2, 0.25) is 0 Å². The maximum absolute atomic E-state index is 14.9. The number of halogens is 2. The van der Waals surface area contributed by atoms with Gasteiger partial charge in [0.15, 0.2) is 5.65 Å². The van der Waals surface area contributed by atoms with E-state index in [0.717, 1.165) is 16.8 Å². The molecule has 6 heterocycles. The number of piperidine rings is 1. The average molecular weight is 456 g/mol. The molecule has 0 saturated carbocycles. The van der Waals surface area contributed by atoms with Crippen molar-refractivity contribution in [2.24, 2.45) is 0 Å². The number of ether oxygens (including phenoxy) is 2. The number of hydrogen-bond donors (Lipinski definition) is 1. The van der Waals surface area contributed by atoms with Crippen LogP contribution in [0.5, 0.6) is 5.88 Å². The fraction of sp³-hybridized carbons (Fsp3) is 0.429. The van der Waals surface area contributed by atoms with Crippen LogP contribution >= 0.6 is 0 Å². The Morgan fingerprint density at radius 2 is 2.09 bits per heavy atom. The van der Waals surface area contributed by atoms with Crippen LogP contribution in [0.3, 0.4) is 0 Å². The molecular weight excluding hydrogens is 434 g/mol. The van der Waals surface area contributed by atoms with E-state index in [-0.39, 0.29) is 25.0 Å². The summed E-state index contributed by atoms with van der Waals surface area (Å²) in [7, 11) is 1.50. The molecule has 2 fully saturated rings. The highest BCUT2D eigenvalue weighted by atomic mass is 19.3. The van der Waals surface area contributed by atoms with Crippen molar-refractivity contribution < 1.29 is 18.3 Å². The zero-order valence-electron chi connectivity index (χ0n) is 17.9. The molecule has 0 bridgehead atoms. The van der Waals surface area contributed by atoms with Crippen molar-refractivity contribution >= 4 is 17.1 Å². The highest BCUT2D eigenvalue weighted by Gasteiger charge is 2.47. The van der Waals surface area contributed by atoms with Crippen molar-refractivity contribution in [2.75, 3.05) is 38.7 Å². The molecule has 0 radical (unpaired) electrons. The highest BCUT2D eigenvalue weighted by Crippen LogP contribution is 2.34. The lowest BCUT2D eigenvalue weighted by molar-refractivity contribution is -0.131. The first-order chi connectivity index (χ1) is 16.0. The molecule has 0 unspecified atom stereocenters. The molecule has 33 heavy (non-hydrogen) atoms. The molecule has 4 aromatic heterocycles. The van der Waals surface area contributed by atoms with Crippen molar-refractivity contribution in [1.82, 2.24) is 34.1 Å². The molecule has 172 valence electrons. The Balaban J connectivity index is 1.30. The fourth-order valence-electron chi connectivity index (χ4n) is 4.45. The summed E-state index contributed by atoms with van der Waals surface area (Å²) < 4.78 is 43.7. The molecule has 0 amide bonds. The monoisotopic (exact) mass is 456 g/mol.